The Bertz CT molecular complexity index is 3920. The fourth-order valence-corrected chi connectivity index (χ4v) is 12.0. The van der Waals surface area contributed by atoms with Gasteiger partial charge in [0.05, 0.1) is 31.5 Å². The van der Waals surface area contributed by atoms with Crippen LogP contribution in [0.1, 0.15) is 151 Å². The van der Waals surface area contributed by atoms with E-state index in [0.717, 1.165) is 0 Å². The van der Waals surface area contributed by atoms with Crippen molar-refractivity contribution < 1.29 is 86.3 Å². The summed E-state index contributed by atoms with van der Waals surface area (Å²) in [6, 6.07) is -10.1. The number of aromatic nitrogens is 3. The molecular formula is C72H112N24O18. The van der Waals surface area contributed by atoms with Gasteiger partial charge in [0.25, 0.3) is 0 Å². The minimum Gasteiger partial charge on any atom is -0.370 e. The van der Waals surface area contributed by atoms with Crippen molar-refractivity contribution in [1.29, 1.82) is 5.41 Å². The Morgan fingerprint density at radius 3 is 1.48 bits per heavy atom. The molecule has 2 aromatic heterocycles. The Balaban J connectivity index is 1.51. The van der Waals surface area contributed by atoms with E-state index < -0.39 is 223 Å². The zero-order valence-corrected chi connectivity index (χ0v) is 65.5. The van der Waals surface area contributed by atoms with Crippen molar-refractivity contribution in [3.05, 3.63) is 54.2 Å². The first-order valence-corrected chi connectivity index (χ1v) is 37.5. The number of carbonyl (C=O) groups is 18. The number of carbonyl (C=O) groups excluding carboxylic acids is 18. The highest BCUT2D eigenvalue weighted by atomic mass is 16.2. The number of para-hydroxylation sites is 1. The highest BCUT2D eigenvalue weighted by molar-refractivity contribution is 6.01. The minimum absolute atomic E-state index is 0.0231. The van der Waals surface area contributed by atoms with Gasteiger partial charge in [-0.3, -0.25) is 91.7 Å². The Morgan fingerprint density at radius 2 is 0.965 bits per heavy atom. The van der Waals surface area contributed by atoms with Gasteiger partial charge in [-0.05, 0) is 93.6 Å². The molecule has 12 atom stereocenters. The maximum atomic E-state index is 14.6. The number of benzene rings is 1. The fourth-order valence-electron chi connectivity index (χ4n) is 12.0. The Kier molecular flexibility index (Phi) is 38.4. The molecule has 28 N–H and O–H groups in total. The molecule has 3 heterocycles. The quantitative estimate of drug-likeness (QED) is 0.0142. The Morgan fingerprint density at radius 1 is 0.491 bits per heavy atom. The number of fused-ring (bicyclic) bond motifs is 1. The number of H-pyrrole nitrogens is 2. The van der Waals surface area contributed by atoms with Gasteiger partial charge in [0, 0.05) is 61.9 Å². The standard InChI is InChI=1S/C72H112N24O18/c1-34(2)23-47(60(76)103)92-68(111)49(25-36(5)6)94-69(112)51(27-40-30-79-33-84-40)87-58(102)32-83-71(114)59(37(7)8)96-61(104)38(9)85-67(110)50(26-39-29-81-42-14-11-10-13-41(39)42)95-66(109)46(17-20-54(74)98)91-70(113)52(28-55(75)99)88-57(101)31-82-62(105)48(24-35(3)4)93-63(106)43(15-12-22-80-72(77)78)89-65(108)45(16-19-53(73)97)90-64(107)44-18-21-56(100)86-44/h10-11,13-14,29-30,33-38,43-52,59,81H,12,15-28,31-32H2,1-9H3,(H2,73,97)(H2,74,98)(H2,75,99)(H2,76,103)(H,79,84)(H,82,105)(H,83,114)(H,85,110)(H,86,100)(H,87,102)(H,88,101)(H,89,108)(H,90,107)(H,91,113)(H,92,111)(H,93,106)(H,94,112)(H,95,109)(H,96,104)(H4,77,78,80)/t38-,43-,44-,45-,46-,47-,48-,49-,50-,51-,52-,59-/m0/s1. The highest BCUT2D eigenvalue weighted by Gasteiger charge is 2.38. The predicted molar refractivity (Wildman–Crippen MR) is 411 cm³/mol. The van der Waals surface area contributed by atoms with Gasteiger partial charge in [-0.2, -0.15) is 0 Å². The van der Waals surface area contributed by atoms with Crippen molar-refractivity contribution in [2.24, 2.45) is 52.3 Å². The van der Waals surface area contributed by atoms with Crippen LogP contribution >= 0.6 is 0 Å². The molecule has 0 spiro atoms. The molecule has 0 radical (unpaired) electrons. The molecule has 1 fully saturated rings. The van der Waals surface area contributed by atoms with Gasteiger partial charge in [0.1, 0.15) is 72.5 Å². The van der Waals surface area contributed by atoms with Crippen LogP contribution in [0.15, 0.2) is 43.0 Å². The van der Waals surface area contributed by atoms with Crippen molar-refractivity contribution in [3.8, 4) is 0 Å². The van der Waals surface area contributed by atoms with Crippen LogP contribution < -0.4 is 108 Å². The number of hydrogen-bond acceptors (Lipinski definition) is 20. The second kappa shape index (κ2) is 46.5. The van der Waals surface area contributed by atoms with Gasteiger partial charge in [-0.25, -0.2) is 4.98 Å². The smallest absolute Gasteiger partial charge is 0.243 e. The number of primary amides is 4. The number of nitrogens with two attached hydrogens (primary N) is 5. The van der Waals surface area contributed by atoms with E-state index in [1.54, 1.807) is 58.2 Å². The van der Waals surface area contributed by atoms with Crippen molar-refractivity contribution in [2.45, 2.75) is 225 Å². The second-order valence-electron chi connectivity index (χ2n) is 29.5. The molecule has 0 saturated carbocycles. The summed E-state index contributed by atoms with van der Waals surface area (Å²) in [5, 5.41) is 45.7. The molecule has 0 aliphatic carbocycles. The third kappa shape index (κ3) is 33.3. The molecule has 18 amide bonds. The van der Waals surface area contributed by atoms with E-state index in [9.17, 15) is 86.3 Å². The van der Waals surface area contributed by atoms with Crippen LogP contribution in [0.25, 0.3) is 10.9 Å². The summed E-state index contributed by atoms with van der Waals surface area (Å²) >= 11 is 0. The number of rotatable bonds is 50. The van der Waals surface area contributed by atoms with E-state index in [4.69, 9.17) is 34.1 Å². The van der Waals surface area contributed by atoms with E-state index in [0.29, 0.717) is 22.2 Å². The van der Waals surface area contributed by atoms with Gasteiger partial charge < -0.3 is 118 Å². The van der Waals surface area contributed by atoms with Crippen molar-refractivity contribution >= 4 is 123 Å². The van der Waals surface area contributed by atoms with E-state index in [2.05, 4.69) is 94.7 Å². The minimum atomic E-state index is -1.89. The lowest BCUT2D eigenvalue weighted by Crippen LogP contribution is -2.60. The van der Waals surface area contributed by atoms with Crippen LogP contribution in [-0.2, 0) is 99.1 Å². The molecule has 4 rings (SSSR count). The van der Waals surface area contributed by atoms with E-state index in [1.165, 1.54) is 19.4 Å². The van der Waals surface area contributed by atoms with E-state index >= 15 is 0 Å². The van der Waals surface area contributed by atoms with Crippen LogP contribution in [0.2, 0.25) is 0 Å². The molecule has 628 valence electrons. The van der Waals surface area contributed by atoms with E-state index in [1.807, 2.05) is 27.7 Å². The fraction of sp³-hybridized carbons (Fsp3) is 0.583. The molecule has 3 aromatic rings. The lowest BCUT2D eigenvalue weighted by Gasteiger charge is -2.27. The molecular weight excluding hydrogens is 1490 g/mol. The summed E-state index contributed by atoms with van der Waals surface area (Å²) in [7, 11) is 0. The first-order valence-electron chi connectivity index (χ1n) is 37.5. The average Bonchev–Trinajstić information content (AvgIpc) is 1.66. The van der Waals surface area contributed by atoms with Gasteiger partial charge in [0.15, 0.2) is 5.96 Å². The lowest BCUT2D eigenvalue weighted by atomic mass is 9.99. The summed E-state index contributed by atoms with van der Waals surface area (Å²) in [5.74, 6) is -17.8. The number of aromatic amines is 2. The molecule has 1 saturated heterocycles. The van der Waals surface area contributed by atoms with Crippen molar-refractivity contribution in [3.63, 3.8) is 0 Å². The van der Waals surface area contributed by atoms with Gasteiger partial charge >= 0.3 is 0 Å². The average molecular weight is 1600 g/mol. The van der Waals surface area contributed by atoms with Crippen molar-refractivity contribution in [2.75, 3.05) is 19.6 Å². The number of hydrogen-bond donors (Lipinski definition) is 23. The normalized spacial score (nSPS) is 15.4. The molecule has 42 nitrogen and oxygen atoms in total. The molecule has 0 bridgehead atoms. The first-order chi connectivity index (χ1) is 53.6. The topological polar surface area (TPSA) is 686 Å². The number of imidazole rings is 1. The summed E-state index contributed by atoms with van der Waals surface area (Å²) in [4.78, 5) is 252. The van der Waals surface area contributed by atoms with Gasteiger partial charge in [-0.1, -0.05) is 73.6 Å². The number of nitrogens with one attached hydrogen (secondary N) is 18. The number of amides is 18. The zero-order chi connectivity index (χ0) is 85.2. The third-order valence-corrected chi connectivity index (χ3v) is 17.9. The molecule has 1 aromatic carbocycles. The summed E-state index contributed by atoms with van der Waals surface area (Å²) in [6.45, 7) is 13.5. The summed E-state index contributed by atoms with van der Waals surface area (Å²) in [5.41, 5.74) is 28.8. The first kappa shape index (κ1) is 94.1. The highest BCUT2D eigenvalue weighted by Crippen LogP contribution is 2.21. The van der Waals surface area contributed by atoms with Crippen LogP contribution in [0.5, 0.6) is 0 Å². The maximum Gasteiger partial charge on any atom is 0.243 e. The molecule has 42 heteroatoms. The van der Waals surface area contributed by atoms with Crippen molar-refractivity contribution in [1.82, 2.24) is 94.7 Å². The monoisotopic (exact) mass is 1600 g/mol. The van der Waals surface area contributed by atoms with Gasteiger partial charge in [0.2, 0.25) is 106 Å². The third-order valence-electron chi connectivity index (χ3n) is 17.9. The number of guanidine groups is 1. The van der Waals surface area contributed by atoms with Crippen LogP contribution in [-0.4, -0.2) is 219 Å². The SMILES string of the molecule is CC(C)C[C@H](NC(=O)[C@H](CC(C)C)NC(=O)[C@H](Cc1c[nH]cn1)NC(=O)CNC(=O)[C@@H](NC(=O)[C@H](C)NC(=O)[C@H](Cc1c[nH]c2ccccc12)NC(=O)[C@H](CCC(N)=O)NC(=O)[C@H](CC(N)=O)NC(=O)CNC(=O)[C@H](CC(C)C)NC(=O)[C@H](CCCNC(=N)N)NC(=O)[C@H](CCC(N)=O)NC(=O)[C@@H]1CCC(=O)N1)C(C)C)C(N)=O. The number of nitrogens with zero attached hydrogens (tertiary/aromatic N) is 1. The summed E-state index contributed by atoms with van der Waals surface area (Å²) < 4.78 is 0. The largest absolute Gasteiger partial charge is 0.370 e. The molecule has 0 unspecified atom stereocenters. The Hall–Kier alpha value is -12.3. The van der Waals surface area contributed by atoms with Crippen LogP contribution in [0.3, 0.4) is 0 Å². The van der Waals surface area contributed by atoms with Crippen LogP contribution in [0.4, 0.5) is 0 Å². The molecule has 1 aliphatic rings. The predicted octanol–water partition coefficient (Wildman–Crippen LogP) is -6.51. The zero-order valence-electron chi connectivity index (χ0n) is 65.5. The second-order valence-corrected chi connectivity index (χ2v) is 29.5. The molecule has 114 heavy (non-hydrogen) atoms. The summed E-state index contributed by atoms with van der Waals surface area (Å²) in [6.07, 6.45) is 1.58. The van der Waals surface area contributed by atoms with Crippen LogP contribution in [0, 0.1) is 29.1 Å². The molecule has 1 aliphatic heterocycles. The van der Waals surface area contributed by atoms with E-state index in [-0.39, 0.29) is 94.9 Å². The van der Waals surface area contributed by atoms with Gasteiger partial charge in [-0.15, -0.1) is 0 Å². The Labute approximate surface area is 658 Å². The maximum absolute atomic E-state index is 14.6. The lowest BCUT2D eigenvalue weighted by molar-refractivity contribution is -0.136.